The molecule has 0 saturated carbocycles. The van der Waals surface area contributed by atoms with E-state index in [9.17, 15) is 4.79 Å². The van der Waals surface area contributed by atoms with E-state index in [0.717, 1.165) is 13.1 Å². The van der Waals surface area contributed by atoms with Crippen LogP contribution in [0.2, 0.25) is 0 Å². The van der Waals surface area contributed by atoms with Gasteiger partial charge in [-0.1, -0.05) is 13.8 Å². The fraction of sp³-hybridized carbons (Fsp3) is 0.538. The zero-order valence-corrected chi connectivity index (χ0v) is 12.2. The lowest BCUT2D eigenvalue weighted by Gasteiger charge is -2.36. The Labute approximate surface area is 117 Å². The summed E-state index contributed by atoms with van der Waals surface area (Å²) in [6.07, 6.45) is 0. The normalized spacial score (nSPS) is 23.2. The van der Waals surface area contributed by atoms with Crippen LogP contribution in [0, 0.1) is 0 Å². The molecular weight excluding hydrogens is 262 g/mol. The lowest BCUT2D eigenvalue weighted by Crippen LogP contribution is -2.41. The van der Waals surface area contributed by atoms with Crippen molar-refractivity contribution < 1.29 is 9.53 Å². The van der Waals surface area contributed by atoms with Gasteiger partial charge in [-0.15, -0.1) is 0 Å². The van der Waals surface area contributed by atoms with Crippen LogP contribution >= 0.6 is 11.8 Å². The third-order valence-electron chi connectivity index (χ3n) is 3.02. The Morgan fingerprint density at radius 1 is 1.42 bits per heavy atom. The predicted molar refractivity (Wildman–Crippen MR) is 78.7 cm³/mol. The topological polar surface area (TPSA) is 68.5 Å². The summed E-state index contributed by atoms with van der Waals surface area (Å²) >= 11 is 1.96. The molecule has 0 radical (unpaired) electrons. The van der Waals surface area contributed by atoms with Gasteiger partial charge >= 0.3 is 5.97 Å². The van der Waals surface area contributed by atoms with Crippen LogP contribution in [0.15, 0.2) is 12.1 Å². The second-order valence-corrected chi connectivity index (χ2v) is 6.64. The average molecular weight is 281 g/mol. The van der Waals surface area contributed by atoms with E-state index in [0.29, 0.717) is 27.7 Å². The number of methoxy groups -OCH3 is 1. The van der Waals surface area contributed by atoms with Crippen molar-refractivity contribution in [2.75, 3.05) is 30.8 Å². The van der Waals surface area contributed by atoms with Gasteiger partial charge in [-0.2, -0.15) is 11.8 Å². The van der Waals surface area contributed by atoms with E-state index in [2.05, 4.69) is 23.7 Å². The highest BCUT2D eigenvalue weighted by Crippen LogP contribution is 2.30. The van der Waals surface area contributed by atoms with E-state index in [1.807, 2.05) is 11.8 Å². The summed E-state index contributed by atoms with van der Waals surface area (Å²) < 4.78 is 4.70. The number of hydrogen-bond acceptors (Lipinski definition) is 6. The minimum Gasteiger partial charge on any atom is -0.464 e. The van der Waals surface area contributed by atoms with Crippen molar-refractivity contribution in [2.24, 2.45) is 0 Å². The number of hydrogen-bond donors (Lipinski definition) is 1. The first-order valence-corrected chi connectivity index (χ1v) is 7.20. The molecule has 1 aromatic rings. The zero-order valence-electron chi connectivity index (χ0n) is 11.4. The van der Waals surface area contributed by atoms with Crippen molar-refractivity contribution in [3.05, 3.63) is 17.8 Å². The second-order valence-electron chi connectivity index (χ2n) is 4.76. The predicted octanol–water partition coefficient (Wildman–Crippen LogP) is 1.78. The van der Waals surface area contributed by atoms with Crippen LogP contribution in [-0.4, -0.2) is 41.7 Å². The number of nitrogen functional groups attached to an aromatic ring is 1. The number of carbonyl (C=O) groups is 1. The standard InChI is InChI=1S/C13H19N3O2S/c1-8-6-16(7-9(2)19-8)12-10(14)4-5-11(15-12)13(17)18-3/h4-5,8-9H,6-7,14H2,1-3H3. The van der Waals surface area contributed by atoms with E-state index in [4.69, 9.17) is 10.5 Å². The second kappa shape index (κ2) is 5.69. The van der Waals surface area contributed by atoms with Crippen molar-refractivity contribution in [2.45, 2.75) is 24.3 Å². The fourth-order valence-electron chi connectivity index (χ4n) is 2.28. The summed E-state index contributed by atoms with van der Waals surface area (Å²) in [7, 11) is 1.35. The van der Waals surface area contributed by atoms with Crippen LogP contribution in [0.3, 0.4) is 0 Å². The highest BCUT2D eigenvalue weighted by Gasteiger charge is 2.25. The third-order valence-corrected chi connectivity index (χ3v) is 4.25. The summed E-state index contributed by atoms with van der Waals surface area (Å²) in [4.78, 5) is 18.0. The van der Waals surface area contributed by atoms with Crippen LogP contribution in [0.5, 0.6) is 0 Å². The Morgan fingerprint density at radius 2 is 2.05 bits per heavy atom. The molecule has 2 heterocycles. The molecule has 0 amide bonds. The maximum absolute atomic E-state index is 11.5. The monoisotopic (exact) mass is 281 g/mol. The Bertz CT molecular complexity index is 471. The number of esters is 1. The van der Waals surface area contributed by atoms with Crippen molar-refractivity contribution in [3.8, 4) is 0 Å². The number of carbonyl (C=O) groups excluding carboxylic acids is 1. The first-order chi connectivity index (χ1) is 9.01. The SMILES string of the molecule is COC(=O)c1ccc(N)c(N2CC(C)SC(C)C2)n1. The summed E-state index contributed by atoms with van der Waals surface area (Å²) in [5.74, 6) is 0.246. The molecule has 2 atom stereocenters. The zero-order chi connectivity index (χ0) is 14.0. The lowest BCUT2D eigenvalue weighted by atomic mass is 10.2. The molecule has 19 heavy (non-hydrogen) atoms. The van der Waals surface area contributed by atoms with E-state index in [-0.39, 0.29) is 0 Å². The molecule has 1 aliphatic heterocycles. The number of aromatic nitrogens is 1. The number of thioether (sulfide) groups is 1. The molecule has 0 aromatic carbocycles. The first kappa shape index (κ1) is 14.0. The number of rotatable bonds is 2. The van der Waals surface area contributed by atoms with Gasteiger partial charge in [0.1, 0.15) is 0 Å². The molecule has 2 unspecified atom stereocenters. The molecule has 0 spiro atoms. The number of nitrogens with two attached hydrogens (primary N) is 1. The third kappa shape index (κ3) is 3.12. The number of nitrogens with zero attached hydrogens (tertiary/aromatic N) is 2. The molecule has 2 rings (SSSR count). The highest BCUT2D eigenvalue weighted by atomic mass is 32.2. The highest BCUT2D eigenvalue weighted by molar-refractivity contribution is 8.00. The van der Waals surface area contributed by atoms with Crippen molar-refractivity contribution in [1.29, 1.82) is 0 Å². The molecule has 0 aliphatic carbocycles. The number of anilines is 2. The smallest absolute Gasteiger partial charge is 0.356 e. The Morgan fingerprint density at radius 3 is 2.63 bits per heavy atom. The van der Waals surface area contributed by atoms with Crippen LogP contribution in [-0.2, 0) is 4.74 Å². The molecule has 5 nitrogen and oxygen atoms in total. The summed E-state index contributed by atoms with van der Waals surface area (Å²) in [5.41, 5.74) is 6.88. The molecule has 2 N–H and O–H groups in total. The Kier molecular flexibility index (Phi) is 4.19. The minimum atomic E-state index is -0.436. The Hall–Kier alpha value is -1.43. The minimum absolute atomic E-state index is 0.297. The molecule has 1 fully saturated rings. The van der Waals surface area contributed by atoms with Crippen LogP contribution in [0.25, 0.3) is 0 Å². The number of ether oxygens (including phenoxy) is 1. The maximum atomic E-state index is 11.5. The quantitative estimate of drug-likeness (QED) is 0.833. The van der Waals surface area contributed by atoms with E-state index in [1.165, 1.54) is 7.11 Å². The molecule has 104 valence electrons. The van der Waals surface area contributed by atoms with Gasteiger partial charge in [0.2, 0.25) is 0 Å². The fourth-order valence-corrected chi connectivity index (χ4v) is 3.61. The van der Waals surface area contributed by atoms with Gasteiger partial charge in [-0.3, -0.25) is 0 Å². The number of pyridine rings is 1. The van der Waals surface area contributed by atoms with Gasteiger partial charge in [0.05, 0.1) is 12.8 Å². The van der Waals surface area contributed by atoms with Gasteiger partial charge in [-0.05, 0) is 12.1 Å². The summed E-state index contributed by atoms with van der Waals surface area (Å²) in [5, 5.41) is 1.04. The average Bonchev–Trinajstić information content (AvgIpc) is 2.37. The van der Waals surface area contributed by atoms with Gasteiger partial charge in [0.25, 0.3) is 0 Å². The molecule has 1 aromatic heterocycles. The lowest BCUT2D eigenvalue weighted by molar-refractivity contribution is 0.0594. The Balaban J connectivity index is 2.30. The van der Waals surface area contributed by atoms with Gasteiger partial charge in [-0.25, -0.2) is 9.78 Å². The molecule has 6 heteroatoms. The van der Waals surface area contributed by atoms with Gasteiger partial charge < -0.3 is 15.4 Å². The molecule has 1 saturated heterocycles. The largest absolute Gasteiger partial charge is 0.464 e. The van der Waals surface area contributed by atoms with Crippen molar-refractivity contribution >= 4 is 29.2 Å². The first-order valence-electron chi connectivity index (χ1n) is 6.26. The molecule has 1 aliphatic rings. The van der Waals surface area contributed by atoms with Crippen molar-refractivity contribution in [3.63, 3.8) is 0 Å². The van der Waals surface area contributed by atoms with E-state index in [1.54, 1.807) is 12.1 Å². The summed E-state index contributed by atoms with van der Waals surface area (Å²) in [6.45, 7) is 6.15. The van der Waals surface area contributed by atoms with Crippen molar-refractivity contribution in [1.82, 2.24) is 4.98 Å². The van der Waals surface area contributed by atoms with Crippen LogP contribution in [0.4, 0.5) is 11.5 Å². The van der Waals surface area contributed by atoms with Crippen LogP contribution in [0.1, 0.15) is 24.3 Å². The van der Waals surface area contributed by atoms with Gasteiger partial charge in [0, 0.05) is 23.6 Å². The molecular formula is C13H19N3O2S. The van der Waals surface area contributed by atoms with E-state index >= 15 is 0 Å². The van der Waals surface area contributed by atoms with Gasteiger partial charge in [0.15, 0.2) is 11.5 Å². The molecule has 0 bridgehead atoms. The van der Waals surface area contributed by atoms with Crippen LogP contribution < -0.4 is 10.6 Å². The van der Waals surface area contributed by atoms with E-state index < -0.39 is 5.97 Å². The maximum Gasteiger partial charge on any atom is 0.356 e. The summed E-state index contributed by atoms with van der Waals surface area (Å²) in [6, 6.07) is 3.31.